The molecule has 0 saturated heterocycles. The molecule has 4 aromatic heterocycles. The number of aromatic amines is 1. The van der Waals surface area contributed by atoms with Crippen molar-refractivity contribution in [1.29, 1.82) is 0 Å². The van der Waals surface area contributed by atoms with Crippen LogP contribution in [0.1, 0.15) is 17.2 Å². The summed E-state index contributed by atoms with van der Waals surface area (Å²) >= 11 is 0. The van der Waals surface area contributed by atoms with Crippen LogP contribution in [0.4, 0.5) is 17.2 Å². The van der Waals surface area contributed by atoms with Crippen LogP contribution in [0.2, 0.25) is 0 Å². The van der Waals surface area contributed by atoms with Crippen molar-refractivity contribution in [3.05, 3.63) is 47.1 Å². The molecular formula is C15H13N11. The second-order valence-corrected chi connectivity index (χ2v) is 5.51. The highest BCUT2D eigenvalue weighted by molar-refractivity contribution is 5.69. The van der Waals surface area contributed by atoms with Crippen LogP contribution in [0.3, 0.4) is 0 Å². The van der Waals surface area contributed by atoms with E-state index >= 15 is 0 Å². The van der Waals surface area contributed by atoms with Gasteiger partial charge in [-0.2, -0.15) is 14.4 Å². The van der Waals surface area contributed by atoms with Crippen LogP contribution in [-0.4, -0.2) is 39.6 Å². The average Bonchev–Trinajstić information content (AvgIpc) is 3.23. The van der Waals surface area contributed by atoms with Gasteiger partial charge in [-0.1, -0.05) is 0 Å². The van der Waals surface area contributed by atoms with Gasteiger partial charge in [0.25, 0.3) is 11.6 Å². The highest BCUT2D eigenvalue weighted by Crippen LogP contribution is 2.35. The molecule has 0 aliphatic carbocycles. The molecule has 128 valence electrons. The quantitative estimate of drug-likeness (QED) is 0.451. The van der Waals surface area contributed by atoms with E-state index in [0.29, 0.717) is 34.5 Å². The van der Waals surface area contributed by atoms with Crippen molar-refractivity contribution in [2.24, 2.45) is 10.2 Å². The standard InChI is InChI=1S/C15H13N11/c1-8-11(16-4)14(25(22-8)15-17-6-5-7-18-15)21-20-12-9(2)23-26-13(12)19-10(3)24-26/h5-7,23H,1-3H3. The number of fused-ring (bicyclic) bond motifs is 1. The normalized spacial score (nSPS) is 11.5. The summed E-state index contributed by atoms with van der Waals surface area (Å²) in [7, 11) is 0. The van der Waals surface area contributed by atoms with Crippen LogP contribution in [-0.2, 0) is 0 Å². The molecule has 0 radical (unpaired) electrons. The summed E-state index contributed by atoms with van der Waals surface area (Å²) in [5.41, 5.74) is 2.68. The molecule has 0 aliphatic heterocycles. The van der Waals surface area contributed by atoms with Crippen LogP contribution in [0.5, 0.6) is 0 Å². The SMILES string of the molecule is [C-]#[N+]c1c(C)nn(-c2ncccn2)c1N=Nc1c(C)[nH]n2nc(C)nc12. The van der Waals surface area contributed by atoms with Gasteiger partial charge in [-0.15, -0.1) is 15.3 Å². The first-order valence-electron chi connectivity index (χ1n) is 7.66. The third kappa shape index (κ3) is 2.40. The second-order valence-electron chi connectivity index (χ2n) is 5.51. The van der Waals surface area contributed by atoms with Crippen molar-refractivity contribution in [2.75, 3.05) is 0 Å². The fourth-order valence-corrected chi connectivity index (χ4v) is 2.51. The van der Waals surface area contributed by atoms with E-state index < -0.39 is 0 Å². The molecule has 26 heavy (non-hydrogen) atoms. The van der Waals surface area contributed by atoms with Crippen molar-refractivity contribution in [2.45, 2.75) is 20.8 Å². The molecule has 11 nitrogen and oxygen atoms in total. The molecule has 0 aromatic carbocycles. The number of hydrogen-bond acceptors (Lipinski definition) is 7. The Morgan fingerprint density at radius 1 is 1.12 bits per heavy atom. The van der Waals surface area contributed by atoms with Crippen molar-refractivity contribution >= 4 is 22.8 Å². The molecule has 0 unspecified atom stereocenters. The van der Waals surface area contributed by atoms with Crippen LogP contribution in [0.25, 0.3) is 16.4 Å². The van der Waals surface area contributed by atoms with Crippen molar-refractivity contribution < 1.29 is 0 Å². The molecule has 4 heterocycles. The number of aromatic nitrogens is 8. The minimum atomic E-state index is 0.263. The zero-order valence-corrected chi connectivity index (χ0v) is 14.2. The van der Waals surface area contributed by atoms with Gasteiger partial charge in [0.2, 0.25) is 5.65 Å². The lowest BCUT2D eigenvalue weighted by Gasteiger charge is -2.00. The minimum absolute atomic E-state index is 0.263. The van der Waals surface area contributed by atoms with E-state index in [4.69, 9.17) is 6.57 Å². The number of H-pyrrole nitrogens is 1. The van der Waals surface area contributed by atoms with Crippen LogP contribution in [0, 0.1) is 27.3 Å². The van der Waals surface area contributed by atoms with E-state index in [-0.39, 0.29) is 5.82 Å². The summed E-state index contributed by atoms with van der Waals surface area (Å²) < 4.78 is 2.94. The molecule has 0 spiro atoms. The topological polar surface area (TPSA) is 119 Å². The zero-order valence-electron chi connectivity index (χ0n) is 14.2. The maximum Gasteiger partial charge on any atom is 0.255 e. The fourth-order valence-electron chi connectivity index (χ4n) is 2.51. The van der Waals surface area contributed by atoms with E-state index in [1.807, 2.05) is 6.92 Å². The Labute approximate surface area is 147 Å². The van der Waals surface area contributed by atoms with Gasteiger partial charge >= 0.3 is 0 Å². The van der Waals surface area contributed by atoms with E-state index in [1.165, 1.54) is 9.31 Å². The molecule has 0 atom stereocenters. The molecule has 4 rings (SSSR count). The van der Waals surface area contributed by atoms with Gasteiger partial charge < -0.3 is 0 Å². The number of nitrogens with zero attached hydrogens (tertiary/aromatic N) is 10. The van der Waals surface area contributed by atoms with Crippen LogP contribution < -0.4 is 0 Å². The van der Waals surface area contributed by atoms with Crippen molar-refractivity contribution in [1.82, 2.24) is 39.6 Å². The number of azo groups is 1. The maximum atomic E-state index is 7.43. The third-order valence-electron chi connectivity index (χ3n) is 3.66. The van der Waals surface area contributed by atoms with E-state index in [1.54, 1.807) is 32.3 Å². The first kappa shape index (κ1) is 15.6. The summed E-state index contributed by atoms with van der Waals surface area (Å²) in [6.45, 7) is 12.8. The predicted octanol–water partition coefficient (Wildman–Crippen LogP) is 2.92. The minimum Gasteiger partial charge on any atom is -0.278 e. The molecule has 11 heteroatoms. The number of hydrogen-bond donors (Lipinski definition) is 1. The molecule has 0 fully saturated rings. The molecule has 0 bridgehead atoms. The molecular weight excluding hydrogens is 334 g/mol. The Balaban J connectivity index is 1.86. The predicted molar refractivity (Wildman–Crippen MR) is 91.1 cm³/mol. The lowest BCUT2D eigenvalue weighted by molar-refractivity contribution is 0.792. The van der Waals surface area contributed by atoms with Crippen LogP contribution in [0.15, 0.2) is 28.7 Å². The van der Waals surface area contributed by atoms with Crippen molar-refractivity contribution in [3.63, 3.8) is 0 Å². The Morgan fingerprint density at radius 2 is 1.88 bits per heavy atom. The number of aryl methyl sites for hydroxylation is 3. The first-order chi connectivity index (χ1) is 12.6. The Bertz CT molecular complexity index is 1170. The molecule has 4 aromatic rings. The summed E-state index contributed by atoms with van der Waals surface area (Å²) in [6, 6.07) is 1.70. The average molecular weight is 347 g/mol. The highest BCUT2D eigenvalue weighted by atomic mass is 15.5. The highest BCUT2D eigenvalue weighted by Gasteiger charge is 2.19. The van der Waals surface area contributed by atoms with Gasteiger partial charge in [0.1, 0.15) is 5.82 Å². The maximum absolute atomic E-state index is 7.43. The monoisotopic (exact) mass is 347 g/mol. The first-order valence-corrected chi connectivity index (χ1v) is 7.66. The fraction of sp³-hybridized carbons (Fsp3) is 0.200. The summed E-state index contributed by atoms with van der Waals surface area (Å²) in [6.07, 6.45) is 3.19. The summed E-state index contributed by atoms with van der Waals surface area (Å²) in [5, 5.41) is 20.1. The van der Waals surface area contributed by atoms with E-state index in [0.717, 1.165) is 5.69 Å². The van der Waals surface area contributed by atoms with Crippen molar-refractivity contribution in [3.8, 4) is 5.95 Å². The van der Waals surface area contributed by atoms with Gasteiger partial charge in [0.15, 0.2) is 11.5 Å². The number of nitrogens with one attached hydrogen (secondary N) is 1. The van der Waals surface area contributed by atoms with E-state index in [9.17, 15) is 0 Å². The van der Waals surface area contributed by atoms with Gasteiger partial charge in [-0.25, -0.2) is 19.8 Å². The Kier molecular flexibility index (Phi) is 3.51. The lowest BCUT2D eigenvalue weighted by atomic mass is 10.4. The van der Waals surface area contributed by atoms with E-state index in [2.05, 4.69) is 45.3 Å². The molecule has 0 saturated carbocycles. The van der Waals surface area contributed by atoms with Gasteiger partial charge in [-0.3, -0.25) is 5.10 Å². The molecule has 0 amide bonds. The Morgan fingerprint density at radius 3 is 2.62 bits per heavy atom. The van der Waals surface area contributed by atoms with Crippen LogP contribution >= 0.6 is 0 Å². The van der Waals surface area contributed by atoms with Gasteiger partial charge in [0.05, 0.1) is 18.0 Å². The smallest absolute Gasteiger partial charge is 0.255 e. The molecule has 1 N–H and O–H groups in total. The largest absolute Gasteiger partial charge is 0.278 e. The lowest BCUT2D eigenvalue weighted by Crippen LogP contribution is -2.01. The summed E-state index contributed by atoms with van der Waals surface area (Å²) in [5.74, 6) is 1.19. The molecule has 0 aliphatic rings. The number of rotatable bonds is 3. The summed E-state index contributed by atoms with van der Waals surface area (Å²) in [4.78, 5) is 16.2. The Hall–Kier alpha value is -3.94. The zero-order chi connectivity index (χ0) is 18.3. The van der Waals surface area contributed by atoms with Gasteiger partial charge in [-0.05, 0) is 26.8 Å². The van der Waals surface area contributed by atoms with Gasteiger partial charge in [0, 0.05) is 12.4 Å². The third-order valence-corrected chi connectivity index (χ3v) is 3.66. The second kappa shape index (κ2) is 5.85.